The summed E-state index contributed by atoms with van der Waals surface area (Å²) in [5.41, 5.74) is -2.49. The molecule has 0 aromatic heterocycles. The number of aliphatic hydroxyl groups excluding tert-OH is 1. The summed E-state index contributed by atoms with van der Waals surface area (Å²) >= 11 is 0. The fourth-order valence-corrected chi connectivity index (χ4v) is 10.3. The third-order valence-corrected chi connectivity index (χ3v) is 12.3. The molecule has 0 aromatic carbocycles. The first-order valence-electron chi connectivity index (χ1n) is 13.9. The summed E-state index contributed by atoms with van der Waals surface area (Å²) in [7, 11) is 0. The van der Waals surface area contributed by atoms with Crippen LogP contribution in [-0.2, 0) is 19.2 Å². The Morgan fingerprint density at radius 2 is 1.59 bits per heavy atom. The minimum Gasteiger partial charge on any atom is -0.481 e. The van der Waals surface area contributed by atoms with Crippen LogP contribution in [0.4, 0.5) is 0 Å². The van der Waals surface area contributed by atoms with E-state index in [4.69, 9.17) is 0 Å². The third-order valence-electron chi connectivity index (χ3n) is 12.3. The van der Waals surface area contributed by atoms with Crippen molar-refractivity contribution in [3.63, 3.8) is 0 Å². The second-order valence-electron chi connectivity index (χ2n) is 14.3. The van der Waals surface area contributed by atoms with Gasteiger partial charge in [-0.1, -0.05) is 41.5 Å². The average molecular weight is 515 g/mol. The fourth-order valence-electron chi connectivity index (χ4n) is 10.3. The maximum atomic E-state index is 13.9. The first-order chi connectivity index (χ1) is 16.9. The monoisotopic (exact) mass is 514 g/mol. The molecule has 7 nitrogen and oxygen atoms in total. The van der Waals surface area contributed by atoms with E-state index in [9.17, 15) is 34.5 Å². The Kier molecular flexibility index (Phi) is 5.51. The Hall–Kier alpha value is -1.86. The second kappa shape index (κ2) is 7.62. The average Bonchev–Trinajstić information content (AvgIpc) is 2.98. The highest BCUT2D eigenvalue weighted by molar-refractivity contribution is 5.94. The van der Waals surface area contributed by atoms with E-state index in [1.54, 1.807) is 0 Å². The van der Waals surface area contributed by atoms with E-state index >= 15 is 0 Å². The van der Waals surface area contributed by atoms with E-state index in [0.29, 0.717) is 18.4 Å². The summed E-state index contributed by atoms with van der Waals surface area (Å²) in [4.78, 5) is 51.2. The molecule has 0 aromatic rings. The van der Waals surface area contributed by atoms with Gasteiger partial charge in [-0.15, -0.1) is 0 Å². The topological polar surface area (TPSA) is 129 Å². The summed E-state index contributed by atoms with van der Waals surface area (Å²) in [6, 6.07) is 0. The molecule has 0 spiro atoms. The number of ketones is 3. The molecule has 5 aliphatic carbocycles. The minimum absolute atomic E-state index is 0.0402. The Morgan fingerprint density at radius 1 is 0.973 bits per heavy atom. The molecule has 0 saturated heterocycles. The van der Waals surface area contributed by atoms with E-state index in [1.807, 2.05) is 34.6 Å². The Bertz CT molecular complexity index is 1150. The second-order valence-corrected chi connectivity index (χ2v) is 14.3. The van der Waals surface area contributed by atoms with Crippen molar-refractivity contribution in [2.45, 2.75) is 98.7 Å². The molecule has 3 saturated carbocycles. The largest absolute Gasteiger partial charge is 0.481 e. The lowest BCUT2D eigenvalue weighted by atomic mass is 9.28. The fraction of sp³-hybridized carbons (Fsp3) is 0.800. The number of fused-ring (bicyclic) bond motifs is 3. The van der Waals surface area contributed by atoms with Crippen molar-refractivity contribution in [1.29, 1.82) is 0 Å². The third kappa shape index (κ3) is 2.96. The van der Waals surface area contributed by atoms with Crippen molar-refractivity contribution in [3.05, 3.63) is 11.1 Å². The SMILES string of the molecule is CC(CC(=O)C[C@@H](C)[C@H]1CC(=O)[C@@]2(C)C3=C4[C@]5(C)[C@@H](C[C@@H]3O)C(C)(C)C(=O)C[C@@H]5[C@]4(O)C[C@]12C)C(=O)O. The summed E-state index contributed by atoms with van der Waals surface area (Å²) < 4.78 is 0. The number of carboxylic acids is 1. The van der Waals surface area contributed by atoms with E-state index < -0.39 is 45.3 Å². The first-order valence-corrected chi connectivity index (χ1v) is 13.9. The van der Waals surface area contributed by atoms with E-state index in [1.165, 1.54) is 6.92 Å². The van der Waals surface area contributed by atoms with Gasteiger partial charge in [0.2, 0.25) is 0 Å². The van der Waals surface area contributed by atoms with Crippen LogP contribution in [0.15, 0.2) is 11.1 Å². The zero-order chi connectivity index (χ0) is 27.7. The lowest BCUT2D eigenvalue weighted by Gasteiger charge is -2.76. The number of carboxylic acid groups (broad SMARTS) is 1. The molecule has 37 heavy (non-hydrogen) atoms. The molecule has 0 heterocycles. The standard InChI is InChI=1S/C30H42O7/c1-14(8-16(31)9-15(2)25(35)36)17-10-22(34)29(7)23-18(32)11-19-26(3,4)21(33)12-20-28(19,6)24(23)30(20,37)13-27(17,29)5/h14-15,17-20,32,37H,8-13H2,1-7H3,(H,35,36)/t14-,15?,17-,18+,19+,20+,27-,28-,29+,30-/m1/s1. The van der Waals surface area contributed by atoms with Crippen molar-refractivity contribution in [1.82, 2.24) is 0 Å². The van der Waals surface area contributed by atoms with E-state index in [0.717, 1.165) is 5.57 Å². The zero-order valence-electron chi connectivity index (χ0n) is 23.2. The Labute approximate surface area is 219 Å². The van der Waals surface area contributed by atoms with Gasteiger partial charge in [-0.25, -0.2) is 0 Å². The molecular weight excluding hydrogens is 472 g/mol. The highest BCUT2D eigenvalue weighted by Gasteiger charge is 2.81. The number of rotatable bonds is 6. The Balaban J connectivity index is 1.57. The first kappa shape index (κ1) is 26.7. The maximum Gasteiger partial charge on any atom is 0.306 e. The molecule has 0 radical (unpaired) electrons. The number of hydrogen-bond acceptors (Lipinski definition) is 6. The number of Topliss-reactive ketones (excluding diaryl/α,β-unsaturated/α-hetero) is 3. The quantitative estimate of drug-likeness (QED) is 0.461. The van der Waals surface area contributed by atoms with E-state index in [2.05, 4.69) is 6.92 Å². The predicted octanol–water partition coefficient (Wildman–Crippen LogP) is 3.74. The van der Waals surface area contributed by atoms with Gasteiger partial charge in [-0.3, -0.25) is 19.2 Å². The summed E-state index contributed by atoms with van der Waals surface area (Å²) in [5, 5.41) is 33.2. The molecule has 0 amide bonds. The van der Waals surface area contributed by atoms with Gasteiger partial charge in [-0.2, -0.15) is 0 Å². The minimum atomic E-state index is -1.26. The normalized spacial score (nSPS) is 47.1. The van der Waals surface area contributed by atoms with Gasteiger partial charge in [0.15, 0.2) is 0 Å². The van der Waals surface area contributed by atoms with Gasteiger partial charge in [-0.05, 0) is 54.1 Å². The number of aliphatic hydroxyl groups is 2. The van der Waals surface area contributed by atoms with Gasteiger partial charge in [0, 0.05) is 42.4 Å². The van der Waals surface area contributed by atoms with Gasteiger partial charge in [0.1, 0.15) is 17.3 Å². The smallest absolute Gasteiger partial charge is 0.306 e. The molecule has 0 bridgehead atoms. The van der Waals surface area contributed by atoms with Crippen molar-refractivity contribution >= 4 is 23.3 Å². The van der Waals surface area contributed by atoms with Crippen LogP contribution in [0, 0.1) is 51.2 Å². The lowest BCUT2D eigenvalue weighted by molar-refractivity contribution is -0.234. The summed E-state index contributed by atoms with van der Waals surface area (Å²) in [6.07, 6.45) is 0.469. The van der Waals surface area contributed by atoms with Gasteiger partial charge < -0.3 is 15.3 Å². The van der Waals surface area contributed by atoms with Gasteiger partial charge in [0.25, 0.3) is 0 Å². The molecule has 1 unspecified atom stereocenters. The number of carbonyl (C=O) groups is 4. The van der Waals surface area contributed by atoms with E-state index in [-0.39, 0.29) is 66.7 Å². The van der Waals surface area contributed by atoms with Crippen LogP contribution in [-0.4, -0.2) is 50.3 Å². The van der Waals surface area contributed by atoms with Crippen molar-refractivity contribution in [2.24, 2.45) is 51.2 Å². The molecule has 0 aliphatic heterocycles. The van der Waals surface area contributed by atoms with Crippen LogP contribution in [0.2, 0.25) is 0 Å². The molecule has 10 atom stereocenters. The maximum absolute atomic E-state index is 13.9. The lowest BCUT2D eigenvalue weighted by Crippen LogP contribution is -2.77. The van der Waals surface area contributed by atoms with Crippen LogP contribution in [0.5, 0.6) is 0 Å². The molecule has 3 N–H and O–H groups in total. The highest BCUT2D eigenvalue weighted by atomic mass is 16.4. The molecule has 204 valence electrons. The number of aliphatic carboxylic acids is 1. The van der Waals surface area contributed by atoms with Crippen molar-refractivity contribution in [2.75, 3.05) is 0 Å². The van der Waals surface area contributed by atoms with Crippen molar-refractivity contribution < 1.29 is 34.5 Å². The van der Waals surface area contributed by atoms with Crippen LogP contribution >= 0.6 is 0 Å². The van der Waals surface area contributed by atoms with Gasteiger partial charge >= 0.3 is 5.97 Å². The molecule has 5 aliphatic rings. The summed E-state index contributed by atoms with van der Waals surface area (Å²) in [6.45, 7) is 13.4. The van der Waals surface area contributed by atoms with Crippen LogP contribution in [0.1, 0.15) is 87.0 Å². The molecular formula is C30H42O7. The van der Waals surface area contributed by atoms with Crippen molar-refractivity contribution in [3.8, 4) is 0 Å². The van der Waals surface area contributed by atoms with Crippen LogP contribution in [0.25, 0.3) is 0 Å². The molecule has 3 fully saturated rings. The van der Waals surface area contributed by atoms with Gasteiger partial charge in [0.05, 0.1) is 23.0 Å². The number of carbonyl (C=O) groups excluding carboxylic acids is 3. The van der Waals surface area contributed by atoms with Crippen LogP contribution < -0.4 is 0 Å². The molecule has 7 heteroatoms. The predicted molar refractivity (Wildman–Crippen MR) is 135 cm³/mol. The molecule has 5 rings (SSSR count). The highest BCUT2D eigenvalue weighted by Crippen LogP contribution is 2.81. The zero-order valence-corrected chi connectivity index (χ0v) is 23.2. The summed E-state index contributed by atoms with van der Waals surface area (Å²) in [5.74, 6) is -2.51. The Morgan fingerprint density at radius 3 is 2.19 bits per heavy atom. The number of hydrogen-bond donors (Lipinski definition) is 3. The van der Waals surface area contributed by atoms with Crippen LogP contribution in [0.3, 0.4) is 0 Å².